The molecule has 3 atom stereocenters. The molecule has 1 N–H and O–H groups in total. The molecular weight excluding hydrogens is 613 g/mol. The van der Waals surface area contributed by atoms with E-state index in [1.165, 1.54) is 40.5 Å². The van der Waals surface area contributed by atoms with Crippen LogP contribution >= 0.6 is 23.1 Å². The average molecular weight is 636 g/mol. The Morgan fingerprint density at radius 3 is 2.50 bits per heavy atom. The number of thioether (sulfide) groups is 1. The monoisotopic (exact) mass is 635 g/mol. The topological polar surface area (TPSA) is 162 Å². The zero-order chi connectivity index (χ0) is 30.1. The van der Waals surface area contributed by atoms with Crippen LogP contribution < -0.4 is 5.32 Å². The van der Waals surface area contributed by atoms with E-state index in [0.717, 1.165) is 40.9 Å². The van der Waals surface area contributed by atoms with Crippen LogP contribution in [0.4, 0.5) is 10.1 Å². The lowest BCUT2D eigenvalue weighted by molar-refractivity contribution is -0.384. The fourth-order valence-electron chi connectivity index (χ4n) is 4.41. The fourth-order valence-corrected chi connectivity index (χ4v) is 7.80. The molecule has 2 saturated heterocycles. The summed E-state index contributed by atoms with van der Waals surface area (Å²) in [4.78, 5) is 50.9. The molecule has 220 valence electrons. The van der Waals surface area contributed by atoms with Crippen LogP contribution in [0.15, 0.2) is 70.9 Å². The number of nitro benzene ring substituents is 1. The molecule has 0 saturated carbocycles. The Labute approximate surface area is 247 Å². The number of amides is 2. The molecule has 5 rings (SSSR count). The molecule has 2 amide bonds. The number of nitro groups is 1. The van der Waals surface area contributed by atoms with E-state index in [1.807, 2.05) is 5.38 Å². The second-order valence-corrected chi connectivity index (χ2v) is 13.1. The SMILES string of the molecule is O=C(Cc1cccs1)NC1C(=O)N2CC(OS(=O)(=O)c3ccc(F)cc3)(C(=O)OCc3ccc([N+](=O)[O-])cc3)CS[C@H]12. The van der Waals surface area contributed by atoms with E-state index in [4.69, 9.17) is 8.92 Å². The minimum atomic E-state index is -4.64. The van der Waals surface area contributed by atoms with Crippen molar-refractivity contribution in [1.29, 1.82) is 0 Å². The van der Waals surface area contributed by atoms with Gasteiger partial charge in [-0.05, 0) is 53.4 Å². The fraction of sp³-hybridized carbons (Fsp3) is 0.269. The van der Waals surface area contributed by atoms with Gasteiger partial charge in [-0.15, -0.1) is 23.1 Å². The number of β-lactam (4-membered cyclic amide) rings is 1. The summed E-state index contributed by atoms with van der Waals surface area (Å²) in [5.41, 5.74) is -1.95. The molecule has 0 radical (unpaired) electrons. The first-order valence-electron chi connectivity index (χ1n) is 12.3. The Kier molecular flexibility index (Phi) is 8.32. The smallest absolute Gasteiger partial charge is 0.343 e. The predicted octanol–water partition coefficient (Wildman–Crippen LogP) is 2.63. The van der Waals surface area contributed by atoms with E-state index in [2.05, 4.69) is 5.32 Å². The first-order valence-corrected chi connectivity index (χ1v) is 15.7. The van der Waals surface area contributed by atoms with Crippen molar-refractivity contribution in [2.24, 2.45) is 0 Å². The summed E-state index contributed by atoms with van der Waals surface area (Å²) in [7, 11) is -4.64. The van der Waals surface area contributed by atoms with E-state index in [1.54, 1.807) is 12.1 Å². The lowest BCUT2D eigenvalue weighted by Crippen LogP contribution is -2.75. The number of thiophene rings is 1. The number of hydrogen-bond donors (Lipinski definition) is 1. The van der Waals surface area contributed by atoms with Gasteiger partial charge in [-0.25, -0.2) is 13.4 Å². The Morgan fingerprint density at radius 1 is 1.14 bits per heavy atom. The standard InChI is InChI=1S/C26H22FN3O9S3/c27-17-5-9-20(10-6-17)42(36,37)39-26(25(33)38-13-16-3-7-18(8-4-16)30(34)35)14-29-23(32)22(24(29)41-15-26)28-21(31)12-19-2-1-11-40-19/h1-11,22,24H,12-15H2,(H,28,31)/t22?,24-,26?/m1/s1. The molecule has 2 fully saturated rings. The second-order valence-electron chi connectivity index (χ2n) is 9.45. The van der Waals surface area contributed by atoms with Crippen LogP contribution in [0, 0.1) is 15.9 Å². The molecule has 16 heteroatoms. The quantitative estimate of drug-likeness (QED) is 0.115. The van der Waals surface area contributed by atoms with Gasteiger partial charge in [0, 0.05) is 22.8 Å². The van der Waals surface area contributed by atoms with Crippen molar-refractivity contribution < 1.29 is 41.0 Å². The Balaban J connectivity index is 1.33. The predicted molar refractivity (Wildman–Crippen MR) is 148 cm³/mol. The number of ether oxygens (including phenoxy) is 1. The van der Waals surface area contributed by atoms with Crippen LogP contribution in [0.3, 0.4) is 0 Å². The number of fused-ring (bicyclic) bond motifs is 1. The Morgan fingerprint density at radius 2 is 1.86 bits per heavy atom. The van der Waals surface area contributed by atoms with Crippen molar-refractivity contribution >= 4 is 56.7 Å². The van der Waals surface area contributed by atoms with Gasteiger partial charge in [0.1, 0.15) is 23.8 Å². The summed E-state index contributed by atoms with van der Waals surface area (Å²) >= 11 is 2.45. The van der Waals surface area contributed by atoms with Crippen LogP contribution in [0.2, 0.25) is 0 Å². The van der Waals surface area contributed by atoms with Gasteiger partial charge >= 0.3 is 5.97 Å². The van der Waals surface area contributed by atoms with Crippen LogP contribution in [0.5, 0.6) is 0 Å². The van der Waals surface area contributed by atoms with Gasteiger partial charge in [0.25, 0.3) is 15.8 Å². The van der Waals surface area contributed by atoms with Crippen molar-refractivity contribution in [3.8, 4) is 0 Å². The van der Waals surface area contributed by atoms with Crippen molar-refractivity contribution in [3.63, 3.8) is 0 Å². The van der Waals surface area contributed by atoms with Gasteiger partial charge in [0.05, 0.1) is 22.8 Å². The maximum Gasteiger partial charge on any atom is 0.343 e. The lowest BCUT2D eigenvalue weighted by atomic mass is 9.99. The van der Waals surface area contributed by atoms with Gasteiger partial charge in [-0.3, -0.25) is 19.7 Å². The highest BCUT2D eigenvalue weighted by Crippen LogP contribution is 2.41. The molecule has 2 aromatic carbocycles. The minimum absolute atomic E-state index is 0.0940. The second kappa shape index (κ2) is 11.8. The molecule has 3 heterocycles. The van der Waals surface area contributed by atoms with E-state index >= 15 is 0 Å². The minimum Gasteiger partial charge on any atom is -0.459 e. The number of carbonyl (C=O) groups is 3. The average Bonchev–Trinajstić information content (AvgIpc) is 3.47. The third-order valence-corrected chi connectivity index (χ3v) is 10.3. The summed E-state index contributed by atoms with van der Waals surface area (Å²) in [6.07, 6.45) is 0.0940. The van der Waals surface area contributed by atoms with Crippen LogP contribution in [-0.4, -0.2) is 65.3 Å². The third-order valence-electron chi connectivity index (χ3n) is 6.55. The van der Waals surface area contributed by atoms with Gasteiger partial charge in [-0.2, -0.15) is 8.42 Å². The maximum absolute atomic E-state index is 13.5. The summed E-state index contributed by atoms with van der Waals surface area (Å²) in [6, 6.07) is 11.7. The first kappa shape index (κ1) is 29.6. The molecule has 0 bridgehead atoms. The van der Waals surface area contributed by atoms with Gasteiger partial charge in [0.15, 0.2) is 0 Å². The van der Waals surface area contributed by atoms with E-state index in [9.17, 15) is 37.3 Å². The highest BCUT2D eigenvalue weighted by Gasteiger charge is 2.60. The highest BCUT2D eigenvalue weighted by atomic mass is 32.2. The van der Waals surface area contributed by atoms with Crippen LogP contribution in [0.1, 0.15) is 10.4 Å². The number of carbonyl (C=O) groups excluding carboxylic acids is 3. The van der Waals surface area contributed by atoms with Gasteiger partial charge in [0.2, 0.25) is 17.4 Å². The molecule has 2 aliphatic rings. The van der Waals surface area contributed by atoms with Crippen molar-refractivity contribution in [1.82, 2.24) is 10.2 Å². The van der Waals surface area contributed by atoms with Crippen LogP contribution in [-0.2, 0) is 46.4 Å². The first-order chi connectivity index (χ1) is 20.0. The van der Waals surface area contributed by atoms with Gasteiger partial charge < -0.3 is 15.0 Å². The molecule has 3 aromatic rings. The Bertz CT molecular complexity index is 1620. The summed E-state index contributed by atoms with van der Waals surface area (Å²) in [5, 5.41) is 14.9. The maximum atomic E-state index is 13.5. The largest absolute Gasteiger partial charge is 0.459 e. The zero-order valence-corrected chi connectivity index (χ0v) is 24.0. The molecule has 2 aliphatic heterocycles. The normalized spacial score (nSPS) is 21.6. The van der Waals surface area contributed by atoms with Gasteiger partial charge in [-0.1, -0.05) is 6.07 Å². The summed E-state index contributed by atoms with van der Waals surface area (Å²) in [6.45, 7) is -0.845. The molecule has 42 heavy (non-hydrogen) atoms. The zero-order valence-electron chi connectivity index (χ0n) is 21.5. The number of halogens is 1. The number of nitrogens with one attached hydrogen (secondary N) is 1. The summed E-state index contributed by atoms with van der Waals surface area (Å²) < 4.78 is 50.6. The summed E-state index contributed by atoms with van der Waals surface area (Å²) in [5.74, 6) is -2.90. The van der Waals surface area contributed by atoms with E-state index < -0.39 is 61.2 Å². The van der Waals surface area contributed by atoms with Crippen LogP contribution in [0.25, 0.3) is 0 Å². The number of non-ortho nitro benzene ring substituents is 1. The number of rotatable bonds is 10. The Hall–Kier alpha value is -3.86. The van der Waals surface area contributed by atoms with Crippen molar-refractivity contribution in [2.45, 2.75) is 34.9 Å². The number of hydrogen-bond acceptors (Lipinski definition) is 11. The molecular formula is C26H22FN3O9S3. The molecule has 2 unspecified atom stereocenters. The molecule has 0 aliphatic carbocycles. The molecule has 1 aromatic heterocycles. The number of nitrogens with zero attached hydrogens (tertiary/aromatic N) is 2. The third kappa shape index (κ3) is 6.16. The lowest BCUT2D eigenvalue weighted by Gasteiger charge is -2.53. The molecule has 12 nitrogen and oxygen atoms in total. The highest BCUT2D eigenvalue weighted by molar-refractivity contribution is 8.00. The van der Waals surface area contributed by atoms with E-state index in [0.29, 0.717) is 5.56 Å². The van der Waals surface area contributed by atoms with E-state index in [-0.39, 0.29) is 30.4 Å². The van der Waals surface area contributed by atoms with Crippen molar-refractivity contribution in [3.05, 3.63) is 92.4 Å². The van der Waals surface area contributed by atoms with Crippen molar-refractivity contribution in [2.75, 3.05) is 12.3 Å². The molecule has 0 spiro atoms. The number of esters is 1. The number of benzene rings is 2.